The van der Waals surface area contributed by atoms with E-state index in [4.69, 9.17) is 9.84 Å². The third kappa shape index (κ3) is 6.97. The van der Waals surface area contributed by atoms with Gasteiger partial charge in [0.25, 0.3) is 0 Å². The third-order valence-electron chi connectivity index (χ3n) is 3.53. The summed E-state index contributed by atoms with van der Waals surface area (Å²) in [4.78, 5) is 12.9. The lowest BCUT2D eigenvalue weighted by atomic mass is 10.0. The van der Waals surface area contributed by atoms with Gasteiger partial charge in [0.05, 0.1) is 6.61 Å². The second-order valence-corrected chi connectivity index (χ2v) is 5.68. The van der Waals surface area contributed by atoms with Crippen molar-refractivity contribution in [3.8, 4) is 0 Å². The zero-order valence-corrected chi connectivity index (χ0v) is 11.7. The van der Waals surface area contributed by atoms with Gasteiger partial charge in [-0.05, 0) is 37.6 Å². The molecule has 0 radical (unpaired) electrons. The van der Waals surface area contributed by atoms with Crippen LogP contribution >= 0.6 is 0 Å². The zero-order chi connectivity index (χ0) is 13.4. The number of hydrogen-bond donors (Lipinski definition) is 1. The molecule has 18 heavy (non-hydrogen) atoms. The summed E-state index contributed by atoms with van der Waals surface area (Å²) in [6.07, 6.45) is 3.39. The lowest BCUT2D eigenvalue weighted by Crippen LogP contribution is -2.25. The van der Waals surface area contributed by atoms with Crippen molar-refractivity contribution >= 4 is 5.97 Å². The van der Waals surface area contributed by atoms with Gasteiger partial charge in [-0.2, -0.15) is 0 Å². The SMILES string of the molecule is CC(C)CCOCCN1CCC(CCC(=O)O)C1. The predicted molar refractivity (Wildman–Crippen MR) is 71.7 cm³/mol. The molecule has 1 atom stereocenters. The molecular formula is C14H27NO3. The Labute approximate surface area is 110 Å². The molecule has 0 spiro atoms. The molecule has 0 saturated carbocycles. The van der Waals surface area contributed by atoms with Gasteiger partial charge in [-0.25, -0.2) is 0 Å². The van der Waals surface area contributed by atoms with E-state index in [0.29, 0.717) is 18.3 Å². The number of carboxylic acids is 1. The normalized spacial score (nSPS) is 20.7. The number of carbonyl (C=O) groups is 1. The van der Waals surface area contributed by atoms with E-state index in [1.54, 1.807) is 0 Å². The summed E-state index contributed by atoms with van der Waals surface area (Å²) in [5.74, 6) is 0.597. The molecule has 1 aliphatic rings. The molecule has 1 heterocycles. The second-order valence-electron chi connectivity index (χ2n) is 5.68. The summed E-state index contributed by atoms with van der Waals surface area (Å²) in [6, 6.07) is 0. The molecular weight excluding hydrogens is 230 g/mol. The molecule has 1 rings (SSSR count). The van der Waals surface area contributed by atoms with E-state index >= 15 is 0 Å². The van der Waals surface area contributed by atoms with Crippen LogP contribution in [-0.2, 0) is 9.53 Å². The largest absolute Gasteiger partial charge is 0.481 e. The Hall–Kier alpha value is -0.610. The minimum atomic E-state index is -0.675. The van der Waals surface area contributed by atoms with Gasteiger partial charge in [0.1, 0.15) is 0 Å². The second kappa shape index (κ2) is 8.48. The highest BCUT2D eigenvalue weighted by atomic mass is 16.5. The quantitative estimate of drug-likeness (QED) is 0.644. The number of aliphatic carboxylic acids is 1. The molecule has 1 N–H and O–H groups in total. The summed E-state index contributed by atoms with van der Waals surface area (Å²) < 4.78 is 5.60. The average molecular weight is 257 g/mol. The Kier molecular flexibility index (Phi) is 7.28. The van der Waals surface area contributed by atoms with Gasteiger partial charge in [0.2, 0.25) is 0 Å². The van der Waals surface area contributed by atoms with E-state index in [2.05, 4.69) is 18.7 Å². The highest BCUT2D eigenvalue weighted by molar-refractivity contribution is 5.66. The number of rotatable bonds is 9. The molecule has 106 valence electrons. The number of likely N-dealkylation sites (tertiary alicyclic amines) is 1. The average Bonchev–Trinajstić information content (AvgIpc) is 2.73. The van der Waals surface area contributed by atoms with Crippen molar-refractivity contribution in [3.63, 3.8) is 0 Å². The van der Waals surface area contributed by atoms with E-state index < -0.39 is 5.97 Å². The minimum absolute atomic E-state index is 0.309. The Bertz CT molecular complexity index is 243. The number of nitrogens with zero attached hydrogens (tertiary/aromatic N) is 1. The van der Waals surface area contributed by atoms with Gasteiger partial charge in [-0.1, -0.05) is 13.8 Å². The Balaban J connectivity index is 1.99. The summed E-state index contributed by atoms with van der Waals surface area (Å²) in [5, 5.41) is 8.65. The van der Waals surface area contributed by atoms with E-state index in [1.165, 1.54) is 0 Å². The summed E-state index contributed by atoms with van der Waals surface area (Å²) in [5.41, 5.74) is 0. The van der Waals surface area contributed by atoms with Crippen LogP contribution in [0.2, 0.25) is 0 Å². The summed E-state index contributed by atoms with van der Waals surface area (Å²) in [6.45, 7) is 9.19. The van der Waals surface area contributed by atoms with Gasteiger partial charge in [-0.15, -0.1) is 0 Å². The molecule has 0 aliphatic carbocycles. The van der Waals surface area contributed by atoms with E-state index in [-0.39, 0.29) is 0 Å². The summed E-state index contributed by atoms with van der Waals surface area (Å²) >= 11 is 0. The number of hydrogen-bond acceptors (Lipinski definition) is 3. The molecule has 0 aromatic heterocycles. The Morgan fingerprint density at radius 3 is 2.89 bits per heavy atom. The Morgan fingerprint density at radius 2 is 2.22 bits per heavy atom. The zero-order valence-electron chi connectivity index (χ0n) is 11.7. The van der Waals surface area contributed by atoms with Gasteiger partial charge < -0.3 is 14.7 Å². The van der Waals surface area contributed by atoms with Crippen molar-refractivity contribution in [3.05, 3.63) is 0 Å². The van der Waals surface area contributed by atoms with Crippen LogP contribution in [-0.4, -0.2) is 48.8 Å². The molecule has 4 heteroatoms. The molecule has 1 aliphatic heterocycles. The third-order valence-corrected chi connectivity index (χ3v) is 3.53. The molecule has 1 unspecified atom stereocenters. The summed E-state index contributed by atoms with van der Waals surface area (Å²) in [7, 11) is 0. The maximum atomic E-state index is 10.5. The van der Waals surface area contributed by atoms with Crippen molar-refractivity contribution < 1.29 is 14.6 Å². The van der Waals surface area contributed by atoms with Crippen molar-refractivity contribution in [2.24, 2.45) is 11.8 Å². The van der Waals surface area contributed by atoms with Crippen molar-refractivity contribution in [2.75, 3.05) is 32.8 Å². The van der Waals surface area contributed by atoms with Gasteiger partial charge in [-0.3, -0.25) is 4.79 Å². The molecule has 0 aromatic rings. The van der Waals surface area contributed by atoms with E-state index in [9.17, 15) is 4.79 Å². The fraction of sp³-hybridized carbons (Fsp3) is 0.929. The minimum Gasteiger partial charge on any atom is -0.481 e. The van der Waals surface area contributed by atoms with Crippen LogP contribution in [0.25, 0.3) is 0 Å². The van der Waals surface area contributed by atoms with Crippen LogP contribution in [0.5, 0.6) is 0 Å². The van der Waals surface area contributed by atoms with Crippen LogP contribution in [0.1, 0.15) is 39.5 Å². The van der Waals surface area contributed by atoms with E-state index in [1.807, 2.05) is 0 Å². The topological polar surface area (TPSA) is 49.8 Å². The first-order valence-electron chi connectivity index (χ1n) is 7.10. The number of ether oxygens (including phenoxy) is 1. The van der Waals surface area contributed by atoms with Gasteiger partial charge in [0, 0.05) is 26.1 Å². The molecule has 0 bridgehead atoms. The first-order chi connectivity index (χ1) is 8.58. The highest BCUT2D eigenvalue weighted by Gasteiger charge is 2.22. The predicted octanol–water partition coefficient (Wildman–Crippen LogP) is 2.24. The maximum Gasteiger partial charge on any atom is 0.303 e. The first kappa shape index (κ1) is 15.4. The smallest absolute Gasteiger partial charge is 0.303 e. The molecule has 0 amide bonds. The highest BCUT2D eigenvalue weighted by Crippen LogP contribution is 2.20. The Morgan fingerprint density at radius 1 is 1.44 bits per heavy atom. The van der Waals surface area contributed by atoms with Crippen LogP contribution in [0, 0.1) is 11.8 Å². The molecule has 4 nitrogen and oxygen atoms in total. The maximum absolute atomic E-state index is 10.5. The van der Waals surface area contributed by atoms with Crippen LogP contribution in [0.3, 0.4) is 0 Å². The fourth-order valence-electron chi connectivity index (χ4n) is 2.29. The molecule has 1 fully saturated rings. The van der Waals surface area contributed by atoms with Crippen molar-refractivity contribution in [1.29, 1.82) is 0 Å². The molecule has 1 saturated heterocycles. The van der Waals surface area contributed by atoms with Gasteiger partial charge >= 0.3 is 5.97 Å². The molecule has 0 aromatic carbocycles. The van der Waals surface area contributed by atoms with E-state index in [0.717, 1.165) is 52.1 Å². The van der Waals surface area contributed by atoms with Crippen LogP contribution in [0.4, 0.5) is 0 Å². The van der Waals surface area contributed by atoms with Crippen molar-refractivity contribution in [2.45, 2.75) is 39.5 Å². The lowest BCUT2D eigenvalue weighted by Gasteiger charge is -2.16. The lowest BCUT2D eigenvalue weighted by molar-refractivity contribution is -0.137. The van der Waals surface area contributed by atoms with Crippen LogP contribution < -0.4 is 0 Å². The van der Waals surface area contributed by atoms with Crippen molar-refractivity contribution in [1.82, 2.24) is 4.90 Å². The number of carboxylic acid groups (broad SMARTS) is 1. The standard InChI is InChI=1S/C14H27NO3/c1-12(2)6-9-18-10-8-15-7-5-13(11-15)3-4-14(16)17/h12-13H,3-11H2,1-2H3,(H,16,17). The fourth-order valence-corrected chi connectivity index (χ4v) is 2.29. The van der Waals surface area contributed by atoms with Crippen LogP contribution in [0.15, 0.2) is 0 Å². The first-order valence-corrected chi connectivity index (χ1v) is 7.10. The monoisotopic (exact) mass is 257 g/mol. The van der Waals surface area contributed by atoms with Gasteiger partial charge in [0.15, 0.2) is 0 Å².